The van der Waals surface area contributed by atoms with Gasteiger partial charge in [0.05, 0.1) is 47.5 Å². The lowest BCUT2D eigenvalue weighted by Gasteiger charge is -2.29. The first kappa shape index (κ1) is 20.5. The first-order valence-electron chi connectivity index (χ1n) is 10.9. The number of fused-ring (bicyclic) bond motifs is 1. The maximum absolute atomic E-state index is 5.44. The van der Waals surface area contributed by atoms with Crippen LogP contribution in [0.3, 0.4) is 0 Å². The second kappa shape index (κ2) is 9.02. The van der Waals surface area contributed by atoms with Crippen LogP contribution in [0, 0.1) is 6.92 Å². The highest BCUT2D eigenvalue weighted by Crippen LogP contribution is 2.29. The SMILES string of the molecule is Cc1cccc(-c2n[nH]cc2-c2ccc3ncc(N(C)CCN4CCOCC4)cc3n2)n1. The van der Waals surface area contributed by atoms with E-state index in [1.165, 1.54) is 0 Å². The highest BCUT2D eigenvalue weighted by Gasteiger charge is 2.15. The van der Waals surface area contributed by atoms with Crippen molar-refractivity contribution < 1.29 is 4.74 Å². The van der Waals surface area contributed by atoms with Gasteiger partial charge in [-0.2, -0.15) is 5.10 Å². The van der Waals surface area contributed by atoms with Crippen LogP contribution in [-0.4, -0.2) is 76.5 Å². The van der Waals surface area contributed by atoms with Crippen LogP contribution >= 0.6 is 0 Å². The number of morpholine rings is 1. The number of aryl methyl sites for hydroxylation is 1. The number of hydrogen-bond acceptors (Lipinski definition) is 7. The van der Waals surface area contributed by atoms with Gasteiger partial charge in [-0.3, -0.25) is 20.0 Å². The van der Waals surface area contributed by atoms with Gasteiger partial charge in [0.2, 0.25) is 0 Å². The van der Waals surface area contributed by atoms with E-state index >= 15 is 0 Å². The third kappa shape index (κ3) is 4.32. The highest BCUT2D eigenvalue weighted by molar-refractivity contribution is 5.84. The molecular formula is C24H27N7O. The summed E-state index contributed by atoms with van der Waals surface area (Å²) < 4.78 is 5.44. The van der Waals surface area contributed by atoms with E-state index in [-0.39, 0.29) is 0 Å². The van der Waals surface area contributed by atoms with Crippen molar-refractivity contribution in [3.8, 4) is 22.6 Å². The monoisotopic (exact) mass is 429 g/mol. The zero-order valence-corrected chi connectivity index (χ0v) is 18.5. The van der Waals surface area contributed by atoms with Gasteiger partial charge in [-0.15, -0.1) is 0 Å². The van der Waals surface area contributed by atoms with E-state index < -0.39 is 0 Å². The minimum absolute atomic E-state index is 0.798. The van der Waals surface area contributed by atoms with Gasteiger partial charge in [-0.25, -0.2) is 4.98 Å². The molecular weight excluding hydrogens is 402 g/mol. The summed E-state index contributed by atoms with van der Waals surface area (Å²) in [5.74, 6) is 0. The summed E-state index contributed by atoms with van der Waals surface area (Å²) in [5, 5.41) is 7.41. The maximum Gasteiger partial charge on any atom is 0.120 e. The van der Waals surface area contributed by atoms with Crippen LogP contribution in [0.2, 0.25) is 0 Å². The summed E-state index contributed by atoms with van der Waals surface area (Å²) >= 11 is 0. The van der Waals surface area contributed by atoms with Gasteiger partial charge in [0.1, 0.15) is 5.69 Å². The lowest BCUT2D eigenvalue weighted by molar-refractivity contribution is 0.0393. The first-order valence-corrected chi connectivity index (χ1v) is 10.9. The molecule has 0 unspecified atom stereocenters. The number of aromatic nitrogens is 5. The van der Waals surface area contributed by atoms with Gasteiger partial charge in [-0.05, 0) is 37.3 Å². The molecule has 1 saturated heterocycles. The molecule has 1 fully saturated rings. The number of anilines is 1. The molecule has 5 heterocycles. The molecule has 0 aliphatic carbocycles. The van der Waals surface area contributed by atoms with E-state index in [0.717, 1.165) is 84.5 Å². The Hall–Kier alpha value is -3.36. The van der Waals surface area contributed by atoms with Crippen molar-refractivity contribution in [2.45, 2.75) is 6.92 Å². The molecule has 4 aromatic rings. The molecule has 4 aromatic heterocycles. The fourth-order valence-corrected chi connectivity index (χ4v) is 3.96. The zero-order chi connectivity index (χ0) is 21.9. The Kier molecular flexibility index (Phi) is 5.79. The molecule has 0 aromatic carbocycles. The smallest absolute Gasteiger partial charge is 0.120 e. The van der Waals surface area contributed by atoms with Crippen LogP contribution < -0.4 is 4.90 Å². The van der Waals surface area contributed by atoms with Gasteiger partial charge < -0.3 is 9.64 Å². The fourth-order valence-electron chi connectivity index (χ4n) is 3.96. The number of rotatable bonds is 6. The minimum atomic E-state index is 0.798. The largest absolute Gasteiger partial charge is 0.379 e. The predicted molar refractivity (Wildman–Crippen MR) is 126 cm³/mol. The Bertz CT molecular complexity index is 1220. The third-order valence-corrected chi connectivity index (χ3v) is 5.87. The Morgan fingerprint density at radius 3 is 2.78 bits per heavy atom. The molecule has 8 heteroatoms. The lowest BCUT2D eigenvalue weighted by Crippen LogP contribution is -2.40. The average molecular weight is 430 g/mol. The number of nitrogens with zero attached hydrogens (tertiary/aromatic N) is 6. The number of ether oxygens (including phenoxy) is 1. The quantitative estimate of drug-likeness (QED) is 0.504. The molecule has 0 atom stereocenters. The maximum atomic E-state index is 5.44. The standard InChI is InChI=1S/C24H27N7O/c1-17-4-3-5-22(27-17)24-19(16-26-29-24)20-6-7-21-23(28-20)14-18(15-25-21)30(2)8-9-31-10-12-32-13-11-31/h3-7,14-16H,8-13H2,1-2H3,(H,26,29). The average Bonchev–Trinajstić information content (AvgIpc) is 3.32. The first-order chi connectivity index (χ1) is 15.7. The number of nitrogens with one attached hydrogen (secondary N) is 1. The van der Waals surface area contributed by atoms with Crippen molar-refractivity contribution in [2.75, 3.05) is 51.3 Å². The number of H-pyrrole nitrogens is 1. The van der Waals surface area contributed by atoms with E-state index in [1.807, 2.05) is 49.6 Å². The van der Waals surface area contributed by atoms with Gasteiger partial charge in [0, 0.05) is 50.7 Å². The fraction of sp³-hybridized carbons (Fsp3) is 0.333. The molecule has 1 aliphatic rings. The molecule has 5 rings (SSSR count). The van der Waals surface area contributed by atoms with E-state index in [9.17, 15) is 0 Å². The van der Waals surface area contributed by atoms with E-state index in [0.29, 0.717) is 0 Å². The third-order valence-electron chi connectivity index (χ3n) is 5.87. The molecule has 8 nitrogen and oxygen atoms in total. The number of pyridine rings is 3. The summed E-state index contributed by atoms with van der Waals surface area (Å²) in [5.41, 5.74) is 7.15. The van der Waals surface area contributed by atoms with Crippen LogP contribution in [-0.2, 0) is 4.74 Å². The summed E-state index contributed by atoms with van der Waals surface area (Å²) in [6.45, 7) is 7.55. The Labute approximate surface area is 187 Å². The lowest BCUT2D eigenvalue weighted by atomic mass is 10.1. The number of likely N-dealkylation sites (N-methyl/N-ethyl adjacent to an activating group) is 1. The predicted octanol–water partition coefficient (Wildman–Crippen LogP) is 3.16. The van der Waals surface area contributed by atoms with Crippen LogP contribution in [0.15, 0.2) is 48.8 Å². The van der Waals surface area contributed by atoms with Gasteiger partial charge in [0.25, 0.3) is 0 Å². The second-order valence-electron chi connectivity index (χ2n) is 8.12. The van der Waals surface area contributed by atoms with Crippen molar-refractivity contribution in [3.05, 3.63) is 54.5 Å². The van der Waals surface area contributed by atoms with Crippen molar-refractivity contribution in [1.82, 2.24) is 30.0 Å². The molecule has 0 saturated carbocycles. The van der Waals surface area contributed by atoms with Gasteiger partial charge in [-0.1, -0.05) is 6.07 Å². The molecule has 164 valence electrons. The molecule has 0 radical (unpaired) electrons. The van der Waals surface area contributed by atoms with Crippen molar-refractivity contribution in [3.63, 3.8) is 0 Å². The summed E-state index contributed by atoms with van der Waals surface area (Å²) in [4.78, 5) is 18.8. The highest BCUT2D eigenvalue weighted by atomic mass is 16.5. The van der Waals surface area contributed by atoms with Gasteiger partial charge in [0.15, 0.2) is 0 Å². The van der Waals surface area contributed by atoms with Gasteiger partial charge >= 0.3 is 0 Å². The molecule has 0 spiro atoms. The normalized spacial score (nSPS) is 14.7. The van der Waals surface area contributed by atoms with Crippen LogP contribution in [0.4, 0.5) is 5.69 Å². The Balaban J connectivity index is 1.40. The van der Waals surface area contributed by atoms with Crippen LogP contribution in [0.25, 0.3) is 33.7 Å². The zero-order valence-electron chi connectivity index (χ0n) is 18.5. The van der Waals surface area contributed by atoms with Crippen LogP contribution in [0.5, 0.6) is 0 Å². The van der Waals surface area contributed by atoms with Crippen molar-refractivity contribution >= 4 is 16.7 Å². The molecule has 32 heavy (non-hydrogen) atoms. The molecule has 0 amide bonds. The van der Waals surface area contributed by atoms with E-state index in [2.05, 4.69) is 43.1 Å². The van der Waals surface area contributed by atoms with Crippen LogP contribution in [0.1, 0.15) is 5.69 Å². The summed E-state index contributed by atoms with van der Waals surface area (Å²) in [6.07, 6.45) is 3.79. The Morgan fingerprint density at radius 2 is 1.94 bits per heavy atom. The summed E-state index contributed by atoms with van der Waals surface area (Å²) in [6, 6.07) is 12.0. The number of hydrogen-bond donors (Lipinski definition) is 1. The molecule has 1 aliphatic heterocycles. The van der Waals surface area contributed by atoms with Crippen molar-refractivity contribution in [2.24, 2.45) is 0 Å². The summed E-state index contributed by atoms with van der Waals surface area (Å²) in [7, 11) is 2.10. The molecule has 1 N–H and O–H groups in total. The topological polar surface area (TPSA) is 83.1 Å². The minimum Gasteiger partial charge on any atom is -0.379 e. The van der Waals surface area contributed by atoms with E-state index in [4.69, 9.17) is 9.72 Å². The second-order valence-corrected chi connectivity index (χ2v) is 8.12. The molecule has 0 bridgehead atoms. The van der Waals surface area contributed by atoms with Crippen molar-refractivity contribution in [1.29, 1.82) is 0 Å². The number of aromatic amines is 1. The van der Waals surface area contributed by atoms with E-state index in [1.54, 1.807) is 0 Å². The Morgan fingerprint density at radius 1 is 1.06 bits per heavy atom.